The number of hydrogen-bond acceptors (Lipinski definition) is 4. The Balaban J connectivity index is 2.08. The Bertz CT molecular complexity index is 977. The summed E-state index contributed by atoms with van der Waals surface area (Å²) < 4.78 is 18.8. The molecule has 3 rings (SSSR count). The molecule has 1 fully saturated rings. The molecule has 148 valence electrons. The Morgan fingerprint density at radius 2 is 1.72 bits per heavy atom. The second-order valence-electron chi connectivity index (χ2n) is 6.42. The highest BCUT2D eigenvalue weighted by atomic mass is 19.1. The van der Waals surface area contributed by atoms with Crippen molar-refractivity contribution < 1.29 is 23.8 Å². The van der Waals surface area contributed by atoms with E-state index in [4.69, 9.17) is 4.74 Å². The summed E-state index contributed by atoms with van der Waals surface area (Å²) in [6.07, 6.45) is 3.10. The van der Waals surface area contributed by atoms with Gasteiger partial charge in [-0.1, -0.05) is 30.9 Å². The molecule has 1 saturated heterocycles. The largest absolute Gasteiger partial charge is 0.507 e. The van der Waals surface area contributed by atoms with Gasteiger partial charge < -0.3 is 14.7 Å². The van der Waals surface area contributed by atoms with Gasteiger partial charge in [-0.2, -0.15) is 0 Å². The molecule has 1 N–H and O–H groups in total. The van der Waals surface area contributed by atoms with Crippen molar-refractivity contribution in [2.24, 2.45) is 0 Å². The number of aliphatic hydroxyl groups excluding tert-OH is 1. The smallest absolute Gasteiger partial charge is 0.295 e. The number of amides is 1. The topological polar surface area (TPSA) is 66.8 Å². The summed E-state index contributed by atoms with van der Waals surface area (Å²) in [6.45, 7) is 7.65. The molecule has 2 aromatic rings. The maximum absolute atomic E-state index is 13.4. The van der Waals surface area contributed by atoms with Crippen molar-refractivity contribution >= 4 is 17.4 Å². The normalized spacial score (nSPS) is 18.0. The van der Waals surface area contributed by atoms with Gasteiger partial charge in [-0.05, 0) is 42.0 Å². The molecule has 1 heterocycles. The third-order valence-corrected chi connectivity index (χ3v) is 4.55. The molecule has 6 heteroatoms. The number of ether oxygens (including phenoxy) is 1. The standard InChI is InChI=1S/C23H20FNO4/c1-3-13-25-20(15-5-9-17(24)10-6-15)19(22(27)23(25)28)21(26)16-7-11-18(12-8-16)29-14-4-2/h3-12,20,26H,1-2,13-14H2. The van der Waals surface area contributed by atoms with E-state index in [0.717, 1.165) is 0 Å². The van der Waals surface area contributed by atoms with Gasteiger partial charge in [-0.25, -0.2) is 4.39 Å². The zero-order chi connectivity index (χ0) is 21.0. The van der Waals surface area contributed by atoms with E-state index in [2.05, 4.69) is 13.2 Å². The van der Waals surface area contributed by atoms with E-state index < -0.39 is 23.5 Å². The number of aliphatic hydroxyl groups is 1. The molecule has 2 aromatic carbocycles. The van der Waals surface area contributed by atoms with E-state index in [1.807, 2.05) is 0 Å². The van der Waals surface area contributed by atoms with Gasteiger partial charge in [-0.3, -0.25) is 9.59 Å². The average molecular weight is 393 g/mol. The zero-order valence-corrected chi connectivity index (χ0v) is 15.7. The van der Waals surface area contributed by atoms with Crippen LogP contribution in [0.5, 0.6) is 5.75 Å². The molecular weight excluding hydrogens is 373 g/mol. The molecule has 1 aliphatic heterocycles. The quantitative estimate of drug-likeness (QED) is 0.334. The Hall–Kier alpha value is -3.67. The van der Waals surface area contributed by atoms with Crippen molar-refractivity contribution in [1.82, 2.24) is 4.90 Å². The molecular formula is C23H20FNO4. The van der Waals surface area contributed by atoms with Crippen molar-refractivity contribution in [3.05, 3.63) is 96.4 Å². The van der Waals surface area contributed by atoms with Crippen LogP contribution in [-0.2, 0) is 9.59 Å². The monoisotopic (exact) mass is 393 g/mol. The number of carbonyl (C=O) groups is 2. The van der Waals surface area contributed by atoms with Crippen LogP contribution in [0, 0.1) is 5.82 Å². The van der Waals surface area contributed by atoms with Gasteiger partial charge in [0.2, 0.25) is 0 Å². The highest BCUT2D eigenvalue weighted by Gasteiger charge is 2.45. The summed E-state index contributed by atoms with van der Waals surface area (Å²) in [4.78, 5) is 26.6. The minimum atomic E-state index is -0.842. The third kappa shape index (κ3) is 3.96. The number of Topliss-reactive ketones (excluding diaryl/α,β-unsaturated/α-hetero) is 1. The second-order valence-corrected chi connectivity index (χ2v) is 6.42. The summed E-state index contributed by atoms with van der Waals surface area (Å²) in [7, 11) is 0. The van der Waals surface area contributed by atoms with Crippen LogP contribution in [0.15, 0.2) is 79.4 Å². The first-order valence-corrected chi connectivity index (χ1v) is 8.96. The van der Waals surface area contributed by atoms with Crippen LogP contribution in [0.1, 0.15) is 17.2 Å². The van der Waals surface area contributed by atoms with Crippen molar-refractivity contribution in [3.63, 3.8) is 0 Å². The number of hydrogen-bond donors (Lipinski definition) is 1. The summed E-state index contributed by atoms with van der Waals surface area (Å²) in [5.41, 5.74) is 0.822. The molecule has 29 heavy (non-hydrogen) atoms. The minimum Gasteiger partial charge on any atom is -0.507 e. The molecule has 1 amide bonds. The molecule has 0 bridgehead atoms. The van der Waals surface area contributed by atoms with Crippen LogP contribution in [0.2, 0.25) is 0 Å². The van der Waals surface area contributed by atoms with E-state index in [0.29, 0.717) is 23.5 Å². The van der Waals surface area contributed by atoms with E-state index in [9.17, 15) is 19.1 Å². The lowest BCUT2D eigenvalue weighted by molar-refractivity contribution is -0.139. The van der Waals surface area contributed by atoms with Gasteiger partial charge >= 0.3 is 0 Å². The van der Waals surface area contributed by atoms with Crippen molar-refractivity contribution in [2.45, 2.75) is 6.04 Å². The molecule has 0 radical (unpaired) electrons. The highest BCUT2D eigenvalue weighted by molar-refractivity contribution is 6.46. The molecule has 0 aromatic heterocycles. The van der Waals surface area contributed by atoms with Gasteiger partial charge in [0, 0.05) is 12.1 Å². The number of likely N-dealkylation sites (tertiary alicyclic amines) is 1. The van der Waals surface area contributed by atoms with Gasteiger partial charge in [0.25, 0.3) is 11.7 Å². The fraction of sp³-hybridized carbons (Fsp3) is 0.130. The second kappa shape index (κ2) is 8.56. The fourth-order valence-corrected chi connectivity index (χ4v) is 3.22. The lowest BCUT2D eigenvalue weighted by atomic mass is 9.95. The number of nitrogens with zero attached hydrogens (tertiary/aromatic N) is 1. The van der Waals surface area contributed by atoms with E-state index >= 15 is 0 Å². The van der Waals surface area contributed by atoms with E-state index in [-0.39, 0.29) is 17.9 Å². The number of carbonyl (C=O) groups excluding carboxylic acids is 2. The molecule has 0 aliphatic carbocycles. The lowest BCUT2D eigenvalue weighted by Crippen LogP contribution is -2.29. The van der Waals surface area contributed by atoms with Gasteiger partial charge in [0.15, 0.2) is 0 Å². The summed E-state index contributed by atoms with van der Waals surface area (Å²) in [6, 6.07) is 11.1. The number of halogens is 1. The number of rotatable bonds is 7. The van der Waals surface area contributed by atoms with Gasteiger partial charge in [0.1, 0.15) is 23.9 Å². The molecule has 1 unspecified atom stereocenters. The summed E-state index contributed by atoms with van der Waals surface area (Å²) in [5.74, 6) is -1.72. The minimum absolute atomic E-state index is 0.0526. The van der Waals surface area contributed by atoms with Crippen molar-refractivity contribution in [2.75, 3.05) is 13.2 Å². The fourth-order valence-electron chi connectivity index (χ4n) is 3.22. The molecule has 5 nitrogen and oxygen atoms in total. The van der Waals surface area contributed by atoms with Crippen LogP contribution in [0.3, 0.4) is 0 Å². The van der Waals surface area contributed by atoms with Crippen LogP contribution in [0.4, 0.5) is 4.39 Å². The molecule has 1 aliphatic rings. The molecule has 0 spiro atoms. The first-order chi connectivity index (χ1) is 14.0. The number of ketones is 1. The number of benzene rings is 2. The van der Waals surface area contributed by atoms with Crippen molar-refractivity contribution in [3.8, 4) is 5.75 Å². The Labute approximate surface area is 168 Å². The van der Waals surface area contributed by atoms with Gasteiger partial charge in [0.05, 0.1) is 11.6 Å². The van der Waals surface area contributed by atoms with E-state index in [1.54, 1.807) is 30.3 Å². The Morgan fingerprint density at radius 3 is 2.31 bits per heavy atom. The Morgan fingerprint density at radius 1 is 1.07 bits per heavy atom. The van der Waals surface area contributed by atoms with Crippen molar-refractivity contribution in [1.29, 1.82) is 0 Å². The zero-order valence-electron chi connectivity index (χ0n) is 15.7. The van der Waals surface area contributed by atoms with Crippen LogP contribution >= 0.6 is 0 Å². The highest BCUT2D eigenvalue weighted by Crippen LogP contribution is 2.39. The van der Waals surface area contributed by atoms with Crippen LogP contribution < -0.4 is 4.74 Å². The third-order valence-electron chi connectivity index (χ3n) is 4.55. The Kier molecular flexibility index (Phi) is 5.93. The predicted octanol–water partition coefficient (Wildman–Crippen LogP) is 4.00. The summed E-state index contributed by atoms with van der Waals surface area (Å²) in [5, 5.41) is 10.9. The van der Waals surface area contributed by atoms with Gasteiger partial charge in [-0.15, -0.1) is 6.58 Å². The van der Waals surface area contributed by atoms with Crippen LogP contribution in [0.25, 0.3) is 5.76 Å². The van der Waals surface area contributed by atoms with Crippen LogP contribution in [-0.4, -0.2) is 34.8 Å². The first-order valence-electron chi connectivity index (χ1n) is 8.96. The maximum atomic E-state index is 13.4. The SMILES string of the molecule is C=CCOc1ccc(C(O)=C2C(=O)C(=O)N(CC=C)C2c2ccc(F)cc2)cc1. The maximum Gasteiger partial charge on any atom is 0.295 e. The lowest BCUT2D eigenvalue weighted by Gasteiger charge is -2.24. The molecule has 0 saturated carbocycles. The summed E-state index contributed by atoms with van der Waals surface area (Å²) >= 11 is 0. The predicted molar refractivity (Wildman–Crippen MR) is 108 cm³/mol. The first kappa shape index (κ1) is 20.1. The molecule has 1 atom stereocenters. The van der Waals surface area contributed by atoms with E-state index in [1.165, 1.54) is 35.2 Å². The average Bonchev–Trinajstić information content (AvgIpc) is 2.98.